The second-order valence-corrected chi connectivity index (χ2v) is 3.20. The second kappa shape index (κ2) is 3.12. The summed E-state index contributed by atoms with van der Waals surface area (Å²) < 4.78 is 4.22. The highest BCUT2D eigenvalue weighted by molar-refractivity contribution is 7.05. The van der Waals surface area contributed by atoms with Crippen molar-refractivity contribution in [2.75, 3.05) is 0 Å². The van der Waals surface area contributed by atoms with Gasteiger partial charge in [0, 0.05) is 10.9 Å². The van der Waals surface area contributed by atoms with E-state index >= 15 is 0 Å². The number of hydrogen-bond acceptors (Lipinski definition) is 3. The fourth-order valence-electron chi connectivity index (χ4n) is 0.709. The summed E-state index contributed by atoms with van der Waals surface area (Å²) in [6.45, 7) is 4.08. The van der Waals surface area contributed by atoms with Gasteiger partial charge >= 0.3 is 0 Å². The lowest BCUT2D eigenvalue weighted by molar-refractivity contribution is 0.837. The van der Waals surface area contributed by atoms with Crippen molar-refractivity contribution >= 4 is 11.5 Å². The summed E-state index contributed by atoms with van der Waals surface area (Å²) in [4.78, 5) is 1.18. The van der Waals surface area contributed by atoms with Crippen LogP contribution in [0.3, 0.4) is 0 Å². The highest BCUT2D eigenvalue weighted by atomic mass is 32.1. The lowest BCUT2D eigenvalue weighted by atomic mass is 10.2. The predicted octanol–water partition coefficient (Wildman–Crippen LogP) is 1.73. The van der Waals surface area contributed by atoms with Crippen molar-refractivity contribution in [2.45, 2.75) is 26.3 Å². The van der Waals surface area contributed by atoms with Gasteiger partial charge in [-0.2, -0.15) is 4.37 Å². The molecule has 10 heavy (non-hydrogen) atoms. The van der Waals surface area contributed by atoms with Gasteiger partial charge in [-0.25, -0.2) is 0 Å². The Balaban J connectivity index is 2.78. The summed E-state index contributed by atoms with van der Waals surface area (Å²) >= 11 is 1.51. The molecular formula is C7H12N2S. The van der Waals surface area contributed by atoms with Crippen LogP contribution in [-0.4, -0.2) is 4.37 Å². The Morgan fingerprint density at radius 3 is 2.80 bits per heavy atom. The maximum atomic E-state index is 5.65. The van der Waals surface area contributed by atoms with E-state index in [1.165, 1.54) is 16.4 Å². The molecule has 0 aliphatic heterocycles. The summed E-state index contributed by atoms with van der Waals surface area (Å²) in [6.07, 6.45) is 1.00. The number of rotatable bonds is 2. The Morgan fingerprint density at radius 1 is 1.80 bits per heavy atom. The fraction of sp³-hybridized carbons (Fsp3) is 0.571. The molecule has 0 spiro atoms. The highest BCUT2D eigenvalue weighted by Crippen LogP contribution is 2.16. The van der Waals surface area contributed by atoms with Crippen molar-refractivity contribution in [3.05, 3.63) is 16.6 Å². The highest BCUT2D eigenvalue weighted by Gasteiger charge is 2.03. The molecule has 1 atom stereocenters. The van der Waals surface area contributed by atoms with Crippen LogP contribution in [0.2, 0.25) is 0 Å². The Bertz CT molecular complexity index is 205. The average molecular weight is 156 g/mol. The van der Waals surface area contributed by atoms with Crippen LogP contribution in [-0.2, 0) is 6.42 Å². The third kappa shape index (κ3) is 1.55. The number of hydrogen-bond donors (Lipinski definition) is 1. The van der Waals surface area contributed by atoms with Gasteiger partial charge in [-0.05, 0) is 30.9 Å². The standard InChI is InChI=1S/C7H12N2S/c1-3-6-4-7(5(2)8)10-9-6/h4-5H,3,8H2,1-2H3. The van der Waals surface area contributed by atoms with E-state index < -0.39 is 0 Å². The molecule has 3 heteroatoms. The zero-order valence-corrected chi connectivity index (χ0v) is 7.11. The van der Waals surface area contributed by atoms with Gasteiger partial charge < -0.3 is 5.73 Å². The maximum Gasteiger partial charge on any atom is 0.0542 e. The Morgan fingerprint density at radius 2 is 2.50 bits per heavy atom. The van der Waals surface area contributed by atoms with Gasteiger partial charge in [-0.1, -0.05) is 6.92 Å². The van der Waals surface area contributed by atoms with E-state index in [1.807, 2.05) is 6.92 Å². The average Bonchev–Trinajstić information content (AvgIpc) is 2.34. The van der Waals surface area contributed by atoms with Crippen LogP contribution in [0.15, 0.2) is 6.07 Å². The first-order valence-corrected chi connectivity index (χ1v) is 4.22. The second-order valence-electron chi connectivity index (χ2n) is 2.36. The number of nitrogens with zero attached hydrogens (tertiary/aromatic N) is 1. The van der Waals surface area contributed by atoms with Crippen molar-refractivity contribution in [1.82, 2.24) is 4.37 Å². The van der Waals surface area contributed by atoms with E-state index in [2.05, 4.69) is 17.4 Å². The number of aryl methyl sites for hydroxylation is 1. The number of nitrogens with two attached hydrogens (primary N) is 1. The van der Waals surface area contributed by atoms with E-state index in [9.17, 15) is 0 Å². The van der Waals surface area contributed by atoms with E-state index in [-0.39, 0.29) is 6.04 Å². The van der Waals surface area contributed by atoms with Gasteiger partial charge in [-0.3, -0.25) is 0 Å². The van der Waals surface area contributed by atoms with E-state index in [0.29, 0.717) is 0 Å². The monoisotopic (exact) mass is 156 g/mol. The predicted molar refractivity (Wildman–Crippen MR) is 44.1 cm³/mol. The third-order valence-electron chi connectivity index (χ3n) is 1.39. The van der Waals surface area contributed by atoms with Crippen LogP contribution >= 0.6 is 11.5 Å². The van der Waals surface area contributed by atoms with Crippen molar-refractivity contribution in [3.8, 4) is 0 Å². The van der Waals surface area contributed by atoms with Gasteiger partial charge in [0.1, 0.15) is 0 Å². The zero-order chi connectivity index (χ0) is 7.56. The first-order chi connectivity index (χ1) is 4.74. The minimum absolute atomic E-state index is 0.137. The Labute approximate surface area is 65.2 Å². The molecule has 1 aromatic heterocycles. The normalized spacial score (nSPS) is 13.5. The Kier molecular flexibility index (Phi) is 2.40. The minimum atomic E-state index is 0.137. The molecule has 0 saturated carbocycles. The summed E-state index contributed by atoms with van der Waals surface area (Å²) in [5.74, 6) is 0. The molecule has 0 amide bonds. The van der Waals surface area contributed by atoms with Crippen molar-refractivity contribution in [2.24, 2.45) is 5.73 Å². The van der Waals surface area contributed by atoms with Gasteiger partial charge in [0.25, 0.3) is 0 Å². The Hall–Kier alpha value is -0.410. The molecule has 1 unspecified atom stereocenters. The molecule has 0 saturated heterocycles. The molecule has 0 aliphatic rings. The summed E-state index contributed by atoms with van der Waals surface area (Å²) in [7, 11) is 0. The zero-order valence-electron chi connectivity index (χ0n) is 6.29. The summed E-state index contributed by atoms with van der Waals surface area (Å²) in [5, 5.41) is 0. The molecule has 2 N–H and O–H groups in total. The molecule has 1 aromatic rings. The SMILES string of the molecule is CCc1cc(C(C)N)sn1. The van der Waals surface area contributed by atoms with Crippen LogP contribution in [0.4, 0.5) is 0 Å². The lowest BCUT2D eigenvalue weighted by Gasteiger charge is -1.95. The van der Waals surface area contributed by atoms with Crippen LogP contribution in [0.25, 0.3) is 0 Å². The molecule has 2 nitrogen and oxygen atoms in total. The molecular weight excluding hydrogens is 144 g/mol. The molecule has 0 bridgehead atoms. The van der Waals surface area contributed by atoms with Gasteiger partial charge in [-0.15, -0.1) is 0 Å². The van der Waals surface area contributed by atoms with Crippen LogP contribution in [0, 0.1) is 0 Å². The molecule has 0 fully saturated rings. The molecule has 1 heterocycles. The first-order valence-electron chi connectivity index (χ1n) is 3.45. The molecule has 56 valence electrons. The smallest absolute Gasteiger partial charge is 0.0542 e. The first kappa shape index (κ1) is 7.69. The topological polar surface area (TPSA) is 38.9 Å². The molecule has 0 aliphatic carbocycles. The number of aromatic nitrogens is 1. The maximum absolute atomic E-state index is 5.65. The van der Waals surface area contributed by atoms with Crippen molar-refractivity contribution in [3.63, 3.8) is 0 Å². The summed E-state index contributed by atoms with van der Waals surface area (Å²) in [6, 6.07) is 2.22. The fourth-order valence-corrected chi connectivity index (χ4v) is 1.47. The van der Waals surface area contributed by atoms with E-state index in [0.717, 1.165) is 12.1 Å². The quantitative estimate of drug-likeness (QED) is 0.708. The lowest BCUT2D eigenvalue weighted by Crippen LogP contribution is -2.01. The van der Waals surface area contributed by atoms with Crippen molar-refractivity contribution < 1.29 is 0 Å². The van der Waals surface area contributed by atoms with Gasteiger partial charge in [0.2, 0.25) is 0 Å². The van der Waals surface area contributed by atoms with E-state index in [1.54, 1.807) is 0 Å². The molecule has 0 aromatic carbocycles. The van der Waals surface area contributed by atoms with Gasteiger partial charge in [0.05, 0.1) is 5.69 Å². The minimum Gasteiger partial charge on any atom is -0.323 e. The van der Waals surface area contributed by atoms with Crippen LogP contribution in [0.5, 0.6) is 0 Å². The summed E-state index contributed by atoms with van der Waals surface area (Å²) in [5.41, 5.74) is 6.80. The largest absolute Gasteiger partial charge is 0.323 e. The van der Waals surface area contributed by atoms with Crippen molar-refractivity contribution in [1.29, 1.82) is 0 Å². The van der Waals surface area contributed by atoms with Gasteiger partial charge in [0.15, 0.2) is 0 Å². The van der Waals surface area contributed by atoms with Crippen LogP contribution in [0.1, 0.15) is 30.5 Å². The van der Waals surface area contributed by atoms with E-state index in [4.69, 9.17) is 5.73 Å². The van der Waals surface area contributed by atoms with Crippen LogP contribution < -0.4 is 5.73 Å². The third-order valence-corrected chi connectivity index (χ3v) is 2.41. The molecule has 0 radical (unpaired) electrons. The molecule has 1 rings (SSSR count).